The van der Waals surface area contributed by atoms with Gasteiger partial charge in [0.05, 0.1) is 31.1 Å². The van der Waals surface area contributed by atoms with E-state index in [1.54, 1.807) is 12.5 Å². The standard InChI is InChI=1S/C14H17N5O/c1-11(2)20-6-5-19-9-12(8-17-19)13-7-14-15-3-4-18(14)10-16-13/h3-4,7-11H,5-6H2,1-2H3. The van der Waals surface area contributed by atoms with Crippen molar-refractivity contribution in [1.82, 2.24) is 24.1 Å². The molecule has 3 heterocycles. The Morgan fingerprint density at radius 3 is 3.05 bits per heavy atom. The van der Waals surface area contributed by atoms with Gasteiger partial charge in [-0.25, -0.2) is 9.97 Å². The van der Waals surface area contributed by atoms with E-state index >= 15 is 0 Å². The van der Waals surface area contributed by atoms with Gasteiger partial charge in [0.1, 0.15) is 12.0 Å². The molecule has 0 spiro atoms. The Labute approximate surface area is 117 Å². The molecule has 0 amide bonds. The fourth-order valence-electron chi connectivity index (χ4n) is 1.98. The molecule has 0 bridgehead atoms. The number of hydrogen-bond donors (Lipinski definition) is 0. The summed E-state index contributed by atoms with van der Waals surface area (Å²) in [5, 5.41) is 4.33. The van der Waals surface area contributed by atoms with Gasteiger partial charge in [-0.05, 0) is 13.8 Å². The molecule has 0 atom stereocenters. The monoisotopic (exact) mass is 271 g/mol. The number of fused-ring (bicyclic) bond motifs is 1. The van der Waals surface area contributed by atoms with Crippen LogP contribution in [0.5, 0.6) is 0 Å². The molecule has 0 aromatic carbocycles. The van der Waals surface area contributed by atoms with Crippen LogP contribution in [0, 0.1) is 0 Å². The smallest absolute Gasteiger partial charge is 0.140 e. The summed E-state index contributed by atoms with van der Waals surface area (Å²) in [5.41, 5.74) is 2.74. The van der Waals surface area contributed by atoms with Crippen LogP contribution in [0.3, 0.4) is 0 Å². The van der Waals surface area contributed by atoms with Crippen molar-refractivity contribution in [1.29, 1.82) is 0 Å². The number of hydrogen-bond acceptors (Lipinski definition) is 4. The van der Waals surface area contributed by atoms with Crippen LogP contribution in [0.25, 0.3) is 16.9 Å². The van der Waals surface area contributed by atoms with E-state index in [1.165, 1.54) is 0 Å². The maximum absolute atomic E-state index is 5.52. The van der Waals surface area contributed by atoms with Crippen LogP contribution in [0.2, 0.25) is 0 Å². The summed E-state index contributed by atoms with van der Waals surface area (Å²) in [6.07, 6.45) is 9.43. The van der Waals surface area contributed by atoms with E-state index in [0.29, 0.717) is 6.61 Å². The van der Waals surface area contributed by atoms with Gasteiger partial charge >= 0.3 is 0 Å². The predicted octanol–water partition coefficient (Wildman–Crippen LogP) is 2.02. The molecule has 20 heavy (non-hydrogen) atoms. The van der Waals surface area contributed by atoms with Crippen LogP contribution in [0.4, 0.5) is 0 Å². The van der Waals surface area contributed by atoms with Gasteiger partial charge < -0.3 is 4.74 Å². The molecule has 3 aromatic rings. The van der Waals surface area contributed by atoms with Gasteiger partial charge in [-0.2, -0.15) is 5.10 Å². The number of aromatic nitrogens is 5. The van der Waals surface area contributed by atoms with Crippen molar-refractivity contribution in [2.45, 2.75) is 26.5 Å². The second-order valence-electron chi connectivity index (χ2n) is 4.88. The van der Waals surface area contributed by atoms with E-state index in [9.17, 15) is 0 Å². The van der Waals surface area contributed by atoms with Gasteiger partial charge in [-0.3, -0.25) is 9.08 Å². The Morgan fingerprint density at radius 1 is 1.30 bits per heavy atom. The highest BCUT2D eigenvalue weighted by molar-refractivity contribution is 5.61. The van der Waals surface area contributed by atoms with Crippen LogP contribution >= 0.6 is 0 Å². The van der Waals surface area contributed by atoms with Gasteiger partial charge in [0.25, 0.3) is 0 Å². The van der Waals surface area contributed by atoms with Crippen LogP contribution in [-0.4, -0.2) is 36.9 Å². The lowest BCUT2D eigenvalue weighted by atomic mass is 10.2. The Hall–Kier alpha value is -2.21. The van der Waals surface area contributed by atoms with Crippen molar-refractivity contribution in [3.8, 4) is 11.3 Å². The van der Waals surface area contributed by atoms with E-state index in [4.69, 9.17) is 4.74 Å². The average Bonchev–Trinajstić information content (AvgIpc) is 3.05. The summed E-state index contributed by atoms with van der Waals surface area (Å²) < 4.78 is 9.27. The van der Waals surface area contributed by atoms with Crippen LogP contribution in [0.15, 0.2) is 37.2 Å². The summed E-state index contributed by atoms with van der Waals surface area (Å²) in [4.78, 5) is 8.67. The predicted molar refractivity (Wildman–Crippen MR) is 75.3 cm³/mol. The van der Waals surface area contributed by atoms with Crippen molar-refractivity contribution in [3.05, 3.63) is 37.2 Å². The molecule has 6 nitrogen and oxygen atoms in total. The first-order chi connectivity index (χ1) is 9.72. The fraction of sp³-hybridized carbons (Fsp3) is 0.357. The second kappa shape index (κ2) is 5.42. The molecule has 0 unspecified atom stereocenters. The Balaban J connectivity index is 1.75. The summed E-state index contributed by atoms with van der Waals surface area (Å²) in [6, 6.07) is 1.95. The second-order valence-corrected chi connectivity index (χ2v) is 4.88. The van der Waals surface area contributed by atoms with Crippen molar-refractivity contribution in [2.75, 3.05) is 6.61 Å². The highest BCUT2D eigenvalue weighted by Crippen LogP contribution is 2.16. The number of nitrogens with zero attached hydrogens (tertiary/aromatic N) is 5. The van der Waals surface area contributed by atoms with Crippen LogP contribution < -0.4 is 0 Å². The zero-order valence-corrected chi connectivity index (χ0v) is 11.6. The maximum atomic E-state index is 5.52. The lowest BCUT2D eigenvalue weighted by Crippen LogP contribution is -2.10. The molecule has 0 fully saturated rings. The molecular formula is C14H17N5O. The lowest BCUT2D eigenvalue weighted by molar-refractivity contribution is 0.0710. The van der Waals surface area contributed by atoms with E-state index in [0.717, 1.165) is 23.4 Å². The minimum absolute atomic E-state index is 0.245. The normalized spacial score (nSPS) is 11.6. The lowest BCUT2D eigenvalue weighted by Gasteiger charge is -2.06. The molecule has 0 aliphatic carbocycles. The van der Waals surface area contributed by atoms with E-state index in [1.807, 2.05) is 47.6 Å². The molecule has 0 N–H and O–H groups in total. The minimum atomic E-state index is 0.245. The Morgan fingerprint density at radius 2 is 2.20 bits per heavy atom. The van der Waals surface area contributed by atoms with Crippen molar-refractivity contribution in [2.24, 2.45) is 0 Å². The summed E-state index contributed by atoms with van der Waals surface area (Å²) in [5.74, 6) is 0. The van der Waals surface area contributed by atoms with Crippen molar-refractivity contribution in [3.63, 3.8) is 0 Å². The highest BCUT2D eigenvalue weighted by Gasteiger charge is 2.05. The molecular weight excluding hydrogens is 254 g/mol. The first-order valence-electron chi connectivity index (χ1n) is 6.65. The van der Waals surface area contributed by atoms with Gasteiger partial charge in [0, 0.05) is 30.2 Å². The maximum Gasteiger partial charge on any atom is 0.140 e. The number of imidazole rings is 1. The topological polar surface area (TPSA) is 57.2 Å². The average molecular weight is 271 g/mol. The van der Waals surface area contributed by atoms with Crippen molar-refractivity contribution < 1.29 is 4.74 Å². The third kappa shape index (κ3) is 2.70. The molecule has 0 saturated heterocycles. The van der Waals surface area contributed by atoms with E-state index < -0.39 is 0 Å². The van der Waals surface area contributed by atoms with E-state index in [2.05, 4.69) is 15.1 Å². The molecule has 0 aliphatic heterocycles. The summed E-state index contributed by atoms with van der Waals surface area (Å²) in [6.45, 7) is 5.45. The van der Waals surface area contributed by atoms with Gasteiger partial charge in [0.15, 0.2) is 0 Å². The summed E-state index contributed by atoms with van der Waals surface area (Å²) in [7, 11) is 0. The Bertz CT molecular complexity index is 700. The SMILES string of the molecule is CC(C)OCCn1cc(-c2cc3nccn3cn2)cn1. The largest absolute Gasteiger partial charge is 0.377 e. The van der Waals surface area contributed by atoms with Crippen LogP contribution in [-0.2, 0) is 11.3 Å². The van der Waals surface area contributed by atoms with Gasteiger partial charge in [-0.15, -0.1) is 0 Å². The third-order valence-corrected chi connectivity index (χ3v) is 2.99. The molecule has 0 saturated carbocycles. The molecule has 104 valence electrons. The first kappa shape index (κ1) is 12.8. The summed E-state index contributed by atoms with van der Waals surface area (Å²) >= 11 is 0. The van der Waals surface area contributed by atoms with Gasteiger partial charge in [0.2, 0.25) is 0 Å². The zero-order chi connectivity index (χ0) is 13.9. The minimum Gasteiger partial charge on any atom is -0.377 e. The Kier molecular flexibility index (Phi) is 3.47. The third-order valence-electron chi connectivity index (χ3n) is 2.99. The van der Waals surface area contributed by atoms with Crippen LogP contribution in [0.1, 0.15) is 13.8 Å². The highest BCUT2D eigenvalue weighted by atomic mass is 16.5. The molecule has 3 rings (SSSR count). The quantitative estimate of drug-likeness (QED) is 0.712. The van der Waals surface area contributed by atoms with Crippen molar-refractivity contribution >= 4 is 5.65 Å². The fourth-order valence-corrected chi connectivity index (χ4v) is 1.98. The van der Waals surface area contributed by atoms with Gasteiger partial charge in [-0.1, -0.05) is 0 Å². The van der Waals surface area contributed by atoms with E-state index in [-0.39, 0.29) is 6.10 Å². The number of rotatable bonds is 5. The zero-order valence-electron chi connectivity index (χ0n) is 11.6. The molecule has 6 heteroatoms. The number of ether oxygens (including phenoxy) is 1. The molecule has 0 radical (unpaired) electrons. The molecule has 3 aromatic heterocycles. The molecule has 0 aliphatic rings. The first-order valence-corrected chi connectivity index (χ1v) is 6.65.